The minimum absolute atomic E-state index is 0.0675. The van der Waals surface area contributed by atoms with Crippen molar-refractivity contribution in [2.45, 2.75) is 12.8 Å². The molecule has 3 rings (SSSR count). The van der Waals surface area contributed by atoms with Gasteiger partial charge in [-0.25, -0.2) is 8.42 Å². The van der Waals surface area contributed by atoms with E-state index in [4.69, 9.17) is 4.74 Å². The zero-order chi connectivity index (χ0) is 15.7. The summed E-state index contributed by atoms with van der Waals surface area (Å²) in [7, 11) is -0.0446. The van der Waals surface area contributed by atoms with Gasteiger partial charge in [0.2, 0.25) is 10.0 Å². The Morgan fingerprint density at radius 2 is 2.23 bits per heavy atom. The van der Waals surface area contributed by atoms with Gasteiger partial charge >= 0.3 is 0 Å². The van der Waals surface area contributed by atoms with Gasteiger partial charge in [-0.3, -0.25) is 8.99 Å². The summed E-state index contributed by atoms with van der Waals surface area (Å²) < 4.78 is 33.2. The SMILES string of the molecule is CN(c1cnn(C)c1)S(=O)(=O)CCc1ccc2c(c1)CCO2. The largest absolute Gasteiger partial charge is 0.493 e. The highest BCUT2D eigenvalue weighted by molar-refractivity contribution is 7.92. The number of fused-ring (bicyclic) bond motifs is 1. The van der Waals surface area contributed by atoms with Crippen LogP contribution in [-0.4, -0.2) is 37.6 Å². The molecule has 22 heavy (non-hydrogen) atoms. The van der Waals surface area contributed by atoms with Crippen molar-refractivity contribution in [1.29, 1.82) is 0 Å². The van der Waals surface area contributed by atoms with E-state index >= 15 is 0 Å². The van der Waals surface area contributed by atoms with Crippen molar-refractivity contribution >= 4 is 15.7 Å². The Morgan fingerprint density at radius 3 is 2.95 bits per heavy atom. The Kier molecular flexibility index (Phi) is 3.82. The first-order chi connectivity index (χ1) is 10.5. The summed E-state index contributed by atoms with van der Waals surface area (Å²) in [6.07, 6.45) is 4.61. The Hall–Kier alpha value is -2.02. The molecule has 2 heterocycles. The average Bonchev–Trinajstić information content (AvgIpc) is 3.12. The van der Waals surface area contributed by atoms with Crippen LogP contribution in [0.25, 0.3) is 0 Å². The third-order valence-corrected chi connectivity index (χ3v) is 5.64. The van der Waals surface area contributed by atoms with Crippen molar-refractivity contribution < 1.29 is 13.2 Å². The highest BCUT2D eigenvalue weighted by Gasteiger charge is 2.20. The average molecular weight is 321 g/mol. The monoisotopic (exact) mass is 321 g/mol. The fraction of sp³-hybridized carbons (Fsp3) is 0.400. The highest BCUT2D eigenvalue weighted by Crippen LogP contribution is 2.26. The molecule has 1 aromatic carbocycles. The summed E-state index contributed by atoms with van der Waals surface area (Å²) in [5.74, 6) is 0.983. The van der Waals surface area contributed by atoms with Gasteiger partial charge < -0.3 is 4.74 Å². The van der Waals surface area contributed by atoms with Gasteiger partial charge in [-0.15, -0.1) is 0 Å². The summed E-state index contributed by atoms with van der Waals surface area (Å²) in [4.78, 5) is 0. The number of nitrogens with zero attached hydrogens (tertiary/aromatic N) is 3. The summed E-state index contributed by atoms with van der Waals surface area (Å²) >= 11 is 0. The van der Waals surface area contributed by atoms with Crippen LogP contribution in [0.5, 0.6) is 5.75 Å². The lowest BCUT2D eigenvalue weighted by Gasteiger charge is -2.17. The second-order valence-electron chi connectivity index (χ2n) is 5.45. The third-order valence-electron chi connectivity index (χ3n) is 3.87. The zero-order valence-electron chi connectivity index (χ0n) is 12.7. The molecule has 0 saturated carbocycles. The fourth-order valence-electron chi connectivity index (χ4n) is 2.51. The van der Waals surface area contributed by atoms with E-state index in [1.165, 1.54) is 4.31 Å². The molecule has 1 aliphatic rings. The van der Waals surface area contributed by atoms with E-state index in [-0.39, 0.29) is 5.75 Å². The first-order valence-electron chi connectivity index (χ1n) is 7.15. The quantitative estimate of drug-likeness (QED) is 0.834. The Morgan fingerprint density at radius 1 is 1.41 bits per heavy atom. The lowest BCUT2D eigenvalue weighted by molar-refractivity contribution is 0.357. The van der Waals surface area contributed by atoms with Crippen LogP contribution in [0.1, 0.15) is 11.1 Å². The molecule has 0 aliphatic carbocycles. The maximum absolute atomic E-state index is 12.4. The molecule has 0 radical (unpaired) electrons. The molecule has 0 spiro atoms. The van der Waals surface area contributed by atoms with Crippen molar-refractivity contribution in [2.75, 3.05) is 23.7 Å². The van der Waals surface area contributed by atoms with E-state index in [0.29, 0.717) is 18.7 Å². The highest BCUT2D eigenvalue weighted by atomic mass is 32.2. The number of ether oxygens (including phenoxy) is 1. The van der Waals surface area contributed by atoms with Crippen molar-refractivity contribution in [3.8, 4) is 5.75 Å². The summed E-state index contributed by atoms with van der Waals surface area (Å²) in [5.41, 5.74) is 2.76. The Bertz CT molecular complexity index is 783. The van der Waals surface area contributed by atoms with Crippen LogP contribution in [0.2, 0.25) is 0 Å². The fourth-order valence-corrected chi connectivity index (χ4v) is 3.69. The van der Waals surface area contributed by atoms with Gasteiger partial charge in [0.05, 0.1) is 24.2 Å². The Balaban J connectivity index is 1.69. The molecular formula is C15H19N3O3S. The maximum atomic E-state index is 12.4. The van der Waals surface area contributed by atoms with Crippen LogP contribution in [-0.2, 0) is 29.9 Å². The summed E-state index contributed by atoms with van der Waals surface area (Å²) in [5, 5.41) is 4.01. The van der Waals surface area contributed by atoms with Crippen LogP contribution in [0.3, 0.4) is 0 Å². The number of benzene rings is 1. The molecule has 1 aromatic heterocycles. The molecule has 0 amide bonds. The van der Waals surface area contributed by atoms with Crippen molar-refractivity contribution in [3.05, 3.63) is 41.7 Å². The molecule has 0 bridgehead atoms. The van der Waals surface area contributed by atoms with Crippen molar-refractivity contribution in [2.24, 2.45) is 7.05 Å². The number of hydrogen-bond donors (Lipinski definition) is 0. The molecule has 0 N–H and O–H groups in total. The van der Waals surface area contributed by atoms with Gasteiger partial charge in [0, 0.05) is 26.7 Å². The van der Waals surface area contributed by atoms with Gasteiger partial charge in [0.1, 0.15) is 5.75 Å². The van der Waals surface area contributed by atoms with E-state index in [0.717, 1.165) is 23.3 Å². The van der Waals surface area contributed by atoms with Gasteiger partial charge in [0.15, 0.2) is 0 Å². The number of aryl methyl sites for hydroxylation is 2. The third kappa shape index (κ3) is 2.94. The molecule has 2 aromatic rings. The summed E-state index contributed by atoms with van der Waals surface area (Å²) in [6, 6.07) is 5.90. The van der Waals surface area contributed by atoms with Crippen LogP contribution < -0.4 is 9.04 Å². The van der Waals surface area contributed by atoms with E-state index in [9.17, 15) is 8.42 Å². The summed E-state index contributed by atoms with van der Waals surface area (Å²) in [6.45, 7) is 0.709. The molecule has 0 saturated heterocycles. The predicted molar refractivity (Wildman–Crippen MR) is 84.7 cm³/mol. The molecule has 0 unspecified atom stereocenters. The minimum Gasteiger partial charge on any atom is -0.493 e. The van der Waals surface area contributed by atoms with Crippen LogP contribution in [0.15, 0.2) is 30.6 Å². The number of anilines is 1. The zero-order valence-corrected chi connectivity index (χ0v) is 13.5. The number of rotatable bonds is 5. The van der Waals surface area contributed by atoms with Crippen LogP contribution in [0.4, 0.5) is 5.69 Å². The second-order valence-corrected chi connectivity index (χ2v) is 7.57. The van der Waals surface area contributed by atoms with Crippen LogP contribution in [0, 0.1) is 0 Å². The van der Waals surface area contributed by atoms with Crippen LogP contribution >= 0.6 is 0 Å². The lowest BCUT2D eigenvalue weighted by atomic mass is 10.1. The molecule has 1 aliphatic heterocycles. The number of sulfonamides is 1. The standard InChI is InChI=1S/C15H19N3O3S/c1-17-11-14(10-16-17)18(2)22(19,20)8-6-12-3-4-15-13(9-12)5-7-21-15/h3-4,9-11H,5-8H2,1-2H3. The minimum atomic E-state index is -3.36. The lowest BCUT2D eigenvalue weighted by Crippen LogP contribution is -2.29. The van der Waals surface area contributed by atoms with Gasteiger partial charge in [-0.2, -0.15) is 5.10 Å². The predicted octanol–water partition coefficient (Wildman–Crippen LogP) is 1.36. The van der Waals surface area contributed by atoms with Crippen molar-refractivity contribution in [3.63, 3.8) is 0 Å². The number of hydrogen-bond acceptors (Lipinski definition) is 4. The first kappa shape index (κ1) is 14.9. The molecule has 7 heteroatoms. The topological polar surface area (TPSA) is 64.4 Å². The Labute approximate surface area is 130 Å². The maximum Gasteiger partial charge on any atom is 0.235 e. The smallest absolute Gasteiger partial charge is 0.235 e. The van der Waals surface area contributed by atoms with Gasteiger partial charge in [-0.05, 0) is 23.6 Å². The van der Waals surface area contributed by atoms with E-state index in [2.05, 4.69) is 5.10 Å². The molecule has 0 atom stereocenters. The van der Waals surface area contributed by atoms with E-state index in [1.54, 1.807) is 31.2 Å². The van der Waals surface area contributed by atoms with Gasteiger partial charge in [-0.1, -0.05) is 12.1 Å². The molecule has 0 fully saturated rings. The molecule has 6 nitrogen and oxygen atoms in total. The second kappa shape index (κ2) is 5.64. The van der Waals surface area contributed by atoms with Crippen molar-refractivity contribution in [1.82, 2.24) is 9.78 Å². The number of aromatic nitrogens is 2. The van der Waals surface area contributed by atoms with Gasteiger partial charge in [0.25, 0.3) is 0 Å². The normalized spacial score (nSPS) is 13.7. The molecular weight excluding hydrogens is 302 g/mol. The first-order valence-corrected chi connectivity index (χ1v) is 8.76. The van der Waals surface area contributed by atoms with E-state index < -0.39 is 10.0 Å². The van der Waals surface area contributed by atoms with E-state index in [1.807, 2.05) is 18.2 Å². The molecule has 118 valence electrons.